The minimum absolute atomic E-state index is 0.0306. The summed E-state index contributed by atoms with van der Waals surface area (Å²) in [5.41, 5.74) is 2.67. The van der Waals surface area contributed by atoms with E-state index in [0.717, 1.165) is 5.56 Å². The second-order valence-electron chi connectivity index (χ2n) is 4.64. The molecule has 7 heteroatoms. The molecule has 0 bridgehead atoms. The van der Waals surface area contributed by atoms with Crippen LogP contribution in [0.25, 0.3) is 0 Å². The number of nitrogens with zero attached hydrogens (tertiary/aromatic N) is 3. The lowest BCUT2D eigenvalue weighted by Gasteiger charge is -2.28. The molecule has 0 aliphatic carbocycles. The number of fused-ring (bicyclic) bond motifs is 1. The number of aryl methyl sites for hydroxylation is 2. The molecule has 0 fully saturated rings. The monoisotopic (exact) mass is 288 g/mol. The first-order chi connectivity index (χ1) is 9.56. The van der Waals surface area contributed by atoms with E-state index < -0.39 is 0 Å². The molecule has 2 amide bonds. The molecule has 0 radical (unpaired) electrons. The zero-order valence-electron chi connectivity index (χ0n) is 11.0. The molecule has 3 heterocycles. The first kappa shape index (κ1) is 12.7. The zero-order chi connectivity index (χ0) is 14.3. The van der Waals surface area contributed by atoms with Crippen LogP contribution in [0.15, 0.2) is 17.6 Å². The molecule has 2 aromatic heterocycles. The molecule has 0 saturated carbocycles. The van der Waals surface area contributed by atoms with Crippen molar-refractivity contribution < 1.29 is 9.59 Å². The fourth-order valence-corrected chi connectivity index (χ4v) is 2.77. The lowest BCUT2D eigenvalue weighted by molar-refractivity contribution is -0.115. The minimum Gasteiger partial charge on any atom is -0.321 e. The van der Waals surface area contributed by atoms with E-state index in [2.05, 4.69) is 14.7 Å². The average Bonchev–Trinajstić information content (AvgIpc) is 2.82. The van der Waals surface area contributed by atoms with E-state index in [1.807, 2.05) is 6.92 Å². The number of aromatic nitrogens is 2. The van der Waals surface area contributed by atoms with Gasteiger partial charge in [0.05, 0.1) is 16.9 Å². The Labute approximate surface area is 119 Å². The van der Waals surface area contributed by atoms with Gasteiger partial charge in [-0.2, -0.15) is 4.37 Å². The highest BCUT2D eigenvalue weighted by molar-refractivity contribution is 7.04. The molecule has 1 aliphatic heterocycles. The highest BCUT2D eigenvalue weighted by atomic mass is 32.1. The number of carbonyl (C=O) groups excluding carboxylic acids is 2. The van der Waals surface area contributed by atoms with Crippen molar-refractivity contribution in [2.24, 2.45) is 0 Å². The highest BCUT2D eigenvalue weighted by Crippen LogP contribution is 2.29. The van der Waals surface area contributed by atoms with Crippen LogP contribution in [-0.2, 0) is 4.79 Å². The summed E-state index contributed by atoms with van der Waals surface area (Å²) in [6.45, 7) is 3.63. The van der Waals surface area contributed by atoms with Crippen molar-refractivity contribution in [3.05, 3.63) is 34.5 Å². The van der Waals surface area contributed by atoms with Crippen molar-refractivity contribution in [2.45, 2.75) is 13.8 Å². The van der Waals surface area contributed by atoms with Crippen LogP contribution in [0.5, 0.6) is 0 Å². The van der Waals surface area contributed by atoms with E-state index in [1.165, 1.54) is 16.4 Å². The van der Waals surface area contributed by atoms with Gasteiger partial charge in [0.25, 0.3) is 5.91 Å². The van der Waals surface area contributed by atoms with Crippen LogP contribution in [0.2, 0.25) is 0 Å². The van der Waals surface area contributed by atoms with Crippen LogP contribution < -0.4 is 10.2 Å². The Hall–Kier alpha value is -2.28. The summed E-state index contributed by atoms with van der Waals surface area (Å²) in [5.74, 6) is 0.00796. The van der Waals surface area contributed by atoms with E-state index in [9.17, 15) is 9.59 Å². The van der Waals surface area contributed by atoms with Crippen molar-refractivity contribution in [3.8, 4) is 0 Å². The van der Waals surface area contributed by atoms with Gasteiger partial charge in [-0.05, 0) is 37.0 Å². The van der Waals surface area contributed by atoms with E-state index >= 15 is 0 Å². The number of rotatable bonds is 1. The Balaban J connectivity index is 2.05. The van der Waals surface area contributed by atoms with E-state index in [4.69, 9.17) is 0 Å². The lowest BCUT2D eigenvalue weighted by Crippen LogP contribution is -2.42. The highest BCUT2D eigenvalue weighted by Gasteiger charge is 2.30. The number of hydrogen-bond acceptors (Lipinski definition) is 5. The van der Waals surface area contributed by atoms with Gasteiger partial charge >= 0.3 is 0 Å². The number of carbonyl (C=O) groups is 2. The van der Waals surface area contributed by atoms with Gasteiger partial charge in [-0.3, -0.25) is 14.5 Å². The summed E-state index contributed by atoms with van der Waals surface area (Å²) < 4.78 is 4.09. The fraction of sp³-hybridized carbons (Fsp3) is 0.231. The molecule has 102 valence electrons. The van der Waals surface area contributed by atoms with Crippen molar-refractivity contribution in [3.63, 3.8) is 0 Å². The normalized spacial score (nSPS) is 13.9. The van der Waals surface area contributed by atoms with E-state index in [0.29, 0.717) is 22.8 Å². The zero-order valence-corrected chi connectivity index (χ0v) is 11.8. The van der Waals surface area contributed by atoms with Crippen LogP contribution in [0, 0.1) is 13.8 Å². The van der Waals surface area contributed by atoms with Gasteiger partial charge in [-0.25, -0.2) is 4.98 Å². The number of amides is 2. The summed E-state index contributed by atoms with van der Waals surface area (Å²) in [4.78, 5) is 30.0. The molecule has 1 N–H and O–H groups in total. The van der Waals surface area contributed by atoms with Gasteiger partial charge in [0.2, 0.25) is 5.91 Å². The fourth-order valence-electron chi connectivity index (χ4n) is 2.09. The summed E-state index contributed by atoms with van der Waals surface area (Å²) in [6, 6.07) is 1.80. The standard InChI is InChI=1S/C13H12N4O2S/c1-7-3-10-12(14-4-7)17(5-11(18)15-10)13(19)9-6-20-16-8(9)2/h3-4,6H,5H2,1-2H3,(H,15,18). The number of nitrogens with one attached hydrogen (secondary N) is 1. The van der Waals surface area contributed by atoms with Gasteiger partial charge in [-0.1, -0.05) is 0 Å². The molecule has 3 rings (SSSR count). The van der Waals surface area contributed by atoms with Crippen LogP contribution in [0.4, 0.5) is 11.5 Å². The molecule has 0 spiro atoms. The maximum atomic E-state index is 12.5. The predicted octanol–water partition coefficient (Wildman–Crippen LogP) is 1.75. The lowest BCUT2D eigenvalue weighted by atomic mass is 10.2. The number of pyridine rings is 1. The third-order valence-corrected chi connectivity index (χ3v) is 3.78. The van der Waals surface area contributed by atoms with Gasteiger partial charge in [0.15, 0.2) is 5.82 Å². The Bertz CT molecular complexity index is 710. The second kappa shape index (κ2) is 4.68. The van der Waals surface area contributed by atoms with Gasteiger partial charge in [0, 0.05) is 11.6 Å². The predicted molar refractivity (Wildman–Crippen MR) is 76.1 cm³/mol. The molecule has 0 unspecified atom stereocenters. The Morgan fingerprint density at radius 1 is 1.45 bits per heavy atom. The molecule has 2 aromatic rings. The van der Waals surface area contributed by atoms with Gasteiger partial charge in [0.1, 0.15) is 6.54 Å². The summed E-state index contributed by atoms with van der Waals surface area (Å²) in [5, 5.41) is 4.43. The summed E-state index contributed by atoms with van der Waals surface area (Å²) >= 11 is 1.22. The molecule has 6 nitrogen and oxygen atoms in total. The van der Waals surface area contributed by atoms with E-state index in [1.54, 1.807) is 24.6 Å². The first-order valence-electron chi connectivity index (χ1n) is 6.05. The van der Waals surface area contributed by atoms with Crippen LogP contribution in [-0.4, -0.2) is 27.7 Å². The maximum absolute atomic E-state index is 12.5. The average molecular weight is 288 g/mol. The molecular weight excluding hydrogens is 276 g/mol. The number of anilines is 2. The first-order valence-corrected chi connectivity index (χ1v) is 6.89. The number of hydrogen-bond donors (Lipinski definition) is 1. The largest absolute Gasteiger partial charge is 0.321 e. The summed E-state index contributed by atoms with van der Waals surface area (Å²) in [7, 11) is 0. The molecular formula is C13H12N4O2S. The quantitative estimate of drug-likeness (QED) is 0.867. The topological polar surface area (TPSA) is 75.2 Å². The van der Waals surface area contributed by atoms with Gasteiger partial charge < -0.3 is 5.32 Å². The molecule has 1 aliphatic rings. The van der Waals surface area contributed by atoms with Crippen LogP contribution >= 0.6 is 11.5 Å². The minimum atomic E-state index is -0.247. The maximum Gasteiger partial charge on any atom is 0.262 e. The van der Waals surface area contributed by atoms with Gasteiger partial charge in [-0.15, -0.1) is 0 Å². The van der Waals surface area contributed by atoms with Crippen LogP contribution in [0.1, 0.15) is 21.6 Å². The Morgan fingerprint density at radius 2 is 2.25 bits per heavy atom. The SMILES string of the molecule is Cc1cnc2c(c1)NC(=O)CN2C(=O)c1csnc1C. The molecule has 0 saturated heterocycles. The Morgan fingerprint density at radius 3 is 2.95 bits per heavy atom. The van der Waals surface area contributed by atoms with E-state index in [-0.39, 0.29) is 18.4 Å². The smallest absolute Gasteiger partial charge is 0.262 e. The Kier molecular flexibility index (Phi) is 2.98. The van der Waals surface area contributed by atoms with Crippen molar-refractivity contribution >= 4 is 34.9 Å². The summed E-state index contributed by atoms with van der Waals surface area (Å²) in [6.07, 6.45) is 1.68. The third kappa shape index (κ3) is 2.05. The second-order valence-corrected chi connectivity index (χ2v) is 5.27. The molecule has 20 heavy (non-hydrogen) atoms. The van der Waals surface area contributed by atoms with Crippen molar-refractivity contribution in [1.29, 1.82) is 0 Å². The van der Waals surface area contributed by atoms with Crippen molar-refractivity contribution in [2.75, 3.05) is 16.8 Å². The molecule has 0 aromatic carbocycles. The van der Waals surface area contributed by atoms with Crippen molar-refractivity contribution in [1.82, 2.24) is 9.36 Å². The third-order valence-electron chi connectivity index (χ3n) is 3.06. The molecule has 0 atom stereocenters. The van der Waals surface area contributed by atoms with Crippen LogP contribution in [0.3, 0.4) is 0 Å².